The normalized spacial score (nSPS) is 11.7. The van der Waals surface area contributed by atoms with E-state index in [4.69, 9.17) is 5.26 Å². The molecule has 0 radical (unpaired) electrons. The van der Waals surface area contributed by atoms with Gasteiger partial charge < -0.3 is 10.2 Å². The first-order chi connectivity index (χ1) is 10.2. The Labute approximate surface area is 123 Å². The minimum Gasteiger partial charge on any atom is -0.357 e. The number of nitrogens with zero attached hydrogens (tertiary/aromatic N) is 7. The van der Waals surface area contributed by atoms with E-state index < -0.39 is 0 Å². The summed E-state index contributed by atoms with van der Waals surface area (Å²) >= 11 is 0. The predicted molar refractivity (Wildman–Crippen MR) is 79.2 cm³/mol. The summed E-state index contributed by atoms with van der Waals surface area (Å²) in [6.45, 7) is 5.15. The van der Waals surface area contributed by atoms with Gasteiger partial charge >= 0.3 is 0 Å². The molecule has 1 unspecified atom stereocenters. The first kappa shape index (κ1) is 14.7. The van der Waals surface area contributed by atoms with Gasteiger partial charge in [-0.05, 0) is 19.9 Å². The molecule has 0 aliphatic rings. The van der Waals surface area contributed by atoms with Crippen LogP contribution in [0.2, 0.25) is 0 Å². The van der Waals surface area contributed by atoms with Crippen molar-refractivity contribution in [3.63, 3.8) is 0 Å². The highest BCUT2D eigenvalue weighted by molar-refractivity contribution is 5.39. The summed E-state index contributed by atoms with van der Waals surface area (Å²) in [4.78, 5) is 15.0. The molecule has 0 aromatic carbocycles. The average molecular weight is 286 g/mol. The maximum Gasteiger partial charge on any atom is 0.257 e. The van der Waals surface area contributed by atoms with Crippen molar-refractivity contribution in [2.24, 2.45) is 5.92 Å². The Morgan fingerprint density at radius 3 is 2.81 bits per heavy atom. The van der Waals surface area contributed by atoms with E-state index in [1.165, 1.54) is 0 Å². The van der Waals surface area contributed by atoms with Gasteiger partial charge in [0.15, 0.2) is 0 Å². The van der Waals surface area contributed by atoms with Gasteiger partial charge in [0.25, 0.3) is 5.95 Å². The van der Waals surface area contributed by atoms with Crippen LogP contribution in [0.1, 0.15) is 13.8 Å². The van der Waals surface area contributed by atoms with Crippen LogP contribution in [0, 0.1) is 17.2 Å². The fourth-order valence-electron chi connectivity index (χ4n) is 1.82. The Morgan fingerprint density at radius 1 is 1.43 bits per heavy atom. The van der Waals surface area contributed by atoms with Gasteiger partial charge in [0.05, 0.1) is 12.0 Å². The number of nitriles is 1. The second-order valence-electron chi connectivity index (χ2n) is 4.53. The Kier molecular flexibility index (Phi) is 4.66. The predicted octanol–water partition coefficient (Wildman–Crippen LogP) is 1.08. The summed E-state index contributed by atoms with van der Waals surface area (Å²) in [6, 6.07) is 4.03. The molecule has 0 saturated carbocycles. The van der Waals surface area contributed by atoms with Gasteiger partial charge in [-0.15, -0.1) is 0 Å². The van der Waals surface area contributed by atoms with E-state index in [1.54, 1.807) is 30.2 Å². The molecule has 0 spiro atoms. The molecule has 0 bridgehead atoms. The van der Waals surface area contributed by atoms with E-state index >= 15 is 0 Å². The highest BCUT2D eigenvalue weighted by Crippen LogP contribution is 2.14. The summed E-state index contributed by atoms with van der Waals surface area (Å²) in [6.07, 6.45) is 3.44. The van der Waals surface area contributed by atoms with Crippen molar-refractivity contribution in [3.8, 4) is 12.0 Å². The van der Waals surface area contributed by atoms with Gasteiger partial charge in [-0.2, -0.15) is 25.3 Å². The lowest BCUT2D eigenvalue weighted by Crippen LogP contribution is -2.30. The van der Waals surface area contributed by atoms with Crippen molar-refractivity contribution in [2.45, 2.75) is 13.8 Å². The Bertz CT molecular complexity index is 616. The molecule has 0 amide bonds. The molecule has 0 aliphatic carbocycles. The number of rotatable bonds is 6. The monoisotopic (exact) mass is 286 g/mol. The topological polar surface area (TPSA) is 95.6 Å². The van der Waals surface area contributed by atoms with Gasteiger partial charge in [-0.1, -0.05) is 0 Å². The summed E-state index contributed by atoms with van der Waals surface area (Å²) in [5, 5.41) is 16.0. The lowest BCUT2D eigenvalue weighted by molar-refractivity contribution is 0.665. The van der Waals surface area contributed by atoms with Crippen LogP contribution >= 0.6 is 0 Å². The highest BCUT2D eigenvalue weighted by atomic mass is 15.4. The third-order valence-corrected chi connectivity index (χ3v) is 2.92. The molecule has 110 valence electrons. The average Bonchev–Trinajstić information content (AvgIpc) is 3.06. The van der Waals surface area contributed by atoms with Crippen molar-refractivity contribution in [3.05, 3.63) is 18.5 Å². The standard InChI is InChI=1S/C13H18N8/c1-4-20(9-10(2)8-14)12-17-11(15-3)18-13(19-12)21-7-5-6-16-21/h5-7,10H,4,9H2,1-3H3,(H,15,17,18,19). The zero-order chi connectivity index (χ0) is 15.2. The first-order valence-electron chi connectivity index (χ1n) is 6.76. The van der Waals surface area contributed by atoms with E-state index in [9.17, 15) is 0 Å². The number of hydrogen-bond donors (Lipinski definition) is 1. The Morgan fingerprint density at radius 2 is 2.24 bits per heavy atom. The van der Waals surface area contributed by atoms with Crippen LogP contribution in [-0.2, 0) is 0 Å². The van der Waals surface area contributed by atoms with Gasteiger partial charge in [-0.3, -0.25) is 0 Å². The molecule has 2 aromatic heterocycles. The van der Waals surface area contributed by atoms with Crippen molar-refractivity contribution in [2.75, 3.05) is 30.4 Å². The van der Waals surface area contributed by atoms with E-state index in [0.717, 1.165) is 0 Å². The van der Waals surface area contributed by atoms with Crippen LogP contribution in [0.5, 0.6) is 0 Å². The molecule has 8 heteroatoms. The largest absolute Gasteiger partial charge is 0.357 e. The fourth-order valence-corrected chi connectivity index (χ4v) is 1.82. The van der Waals surface area contributed by atoms with E-state index in [1.807, 2.05) is 18.7 Å². The number of anilines is 2. The molecule has 0 saturated heterocycles. The number of hydrogen-bond acceptors (Lipinski definition) is 7. The molecular formula is C13H18N8. The van der Waals surface area contributed by atoms with E-state index in [-0.39, 0.29) is 5.92 Å². The molecular weight excluding hydrogens is 268 g/mol. The second-order valence-corrected chi connectivity index (χ2v) is 4.53. The lowest BCUT2D eigenvalue weighted by Gasteiger charge is -2.22. The molecule has 0 fully saturated rings. The summed E-state index contributed by atoms with van der Waals surface area (Å²) in [5.74, 6) is 1.34. The van der Waals surface area contributed by atoms with Gasteiger partial charge in [0.1, 0.15) is 0 Å². The Balaban J connectivity index is 2.38. The van der Waals surface area contributed by atoms with Crippen molar-refractivity contribution >= 4 is 11.9 Å². The fraction of sp³-hybridized carbons (Fsp3) is 0.462. The quantitative estimate of drug-likeness (QED) is 0.849. The molecule has 21 heavy (non-hydrogen) atoms. The molecule has 0 aliphatic heterocycles. The zero-order valence-electron chi connectivity index (χ0n) is 12.4. The van der Waals surface area contributed by atoms with Crippen molar-refractivity contribution in [1.82, 2.24) is 24.7 Å². The van der Waals surface area contributed by atoms with Crippen molar-refractivity contribution in [1.29, 1.82) is 5.26 Å². The summed E-state index contributed by atoms with van der Waals surface area (Å²) < 4.78 is 1.58. The van der Waals surface area contributed by atoms with E-state index in [2.05, 4.69) is 31.4 Å². The molecule has 8 nitrogen and oxygen atoms in total. The SMILES string of the molecule is CCN(CC(C)C#N)c1nc(NC)nc(-n2cccn2)n1. The Hall–Kier alpha value is -2.69. The molecule has 1 atom stereocenters. The maximum absolute atomic E-state index is 8.98. The highest BCUT2D eigenvalue weighted by Gasteiger charge is 2.15. The lowest BCUT2D eigenvalue weighted by atomic mass is 10.2. The molecule has 1 N–H and O–H groups in total. The molecule has 2 rings (SSSR count). The number of aromatic nitrogens is 5. The van der Waals surface area contributed by atoms with Gasteiger partial charge in [-0.25, -0.2) is 4.68 Å². The molecule has 2 heterocycles. The third-order valence-electron chi connectivity index (χ3n) is 2.92. The van der Waals surface area contributed by atoms with Crippen LogP contribution in [-0.4, -0.2) is 44.9 Å². The second kappa shape index (κ2) is 6.65. The van der Waals surface area contributed by atoms with Crippen LogP contribution in [0.25, 0.3) is 5.95 Å². The zero-order valence-corrected chi connectivity index (χ0v) is 12.4. The number of nitrogens with one attached hydrogen (secondary N) is 1. The molecule has 2 aromatic rings. The smallest absolute Gasteiger partial charge is 0.257 e. The van der Waals surface area contributed by atoms with Gasteiger partial charge in [0.2, 0.25) is 11.9 Å². The van der Waals surface area contributed by atoms with E-state index in [0.29, 0.717) is 30.9 Å². The summed E-state index contributed by atoms with van der Waals surface area (Å²) in [5.41, 5.74) is 0. The maximum atomic E-state index is 8.98. The minimum absolute atomic E-state index is 0.104. The van der Waals surface area contributed by atoms with Crippen molar-refractivity contribution < 1.29 is 0 Å². The van der Waals surface area contributed by atoms with Crippen LogP contribution in [0.4, 0.5) is 11.9 Å². The van der Waals surface area contributed by atoms with Crippen LogP contribution in [0.3, 0.4) is 0 Å². The van der Waals surface area contributed by atoms with Crippen LogP contribution < -0.4 is 10.2 Å². The summed E-state index contributed by atoms with van der Waals surface area (Å²) in [7, 11) is 1.75. The first-order valence-corrected chi connectivity index (χ1v) is 6.76. The van der Waals surface area contributed by atoms with Crippen LogP contribution in [0.15, 0.2) is 18.5 Å². The third kappa shape index (κ3) is 3.45. The minimum atomic E-state index is -0.104. The van der Waals surface area contributed by atoms with Gasteiger partial charge in [0, 0.05) is 32.5 Å².